The number of hydrogen-bond donors (Lipinski definition) is 0. The number of piperidine rings is 1. The van der Waals surface area contributed by atoms with Crippen molar-refractivity contribution in [3.8, 4) is 0 Å². The van der Waals surface area contributed by atoms with Gasteiger partial charge in [-0.1, -0.05) is 13.8 Å². The molecule has 1 aliphatic heterocycles. The maximum Gasteiger partial charge on any atom is 0.132 e. The van der Waals surface area contributed by atoms with E-state index in [0.29, 0.717) is 5.92 Å². The molecule has 1 aliphatic rings. The van der Waals surface area contributed by atoms with Crippen LogP contribution in [0.2, 0.25) is 0 Å². The predicted molar refractivity (Wildman–Crippen MR) is 67.0 cm³/mol. The van der Waals surface area contributed by atoms with Crippen molar-refractivity contribution in [3.05, 3.63) is 18.1 Å². The Bertz CT molecular complexity index is 356. The van der Waals surface area contributed by atoms with Gasteiger partial charge >= 0.3 is 0 Å². The summed E-state index contributed by atoms with van der Waals surface area (Å²) in [5.41, 5.74) is 1.09. The molecule has 0 saturated carbocycles. The zero-order valence-electron chi connectivity index (χ0n) is 9.86. The molecule has 4 heteroatoms. The van der Waals surface area contributed by atoms with Gasteiger partial charge in [0.1, 0.15) is 12.1 Å². The van der Waals surface area contributed by atoms with Gasteiger partial charge in [0.15, 0.2) is 0 Å². The van der Waals surface area contributed by atoms with Gasteiger partial charge in [-0.3, -0.25) is 0 Å². The van der Waals surface area contributed by atoms with E-state index in [2.05, 4.69) is 34.8 Å². The predicted octanol–water partition coefficient (Wildman–Crippen LogP) is 2.49. The number of nitrogens with zero attached hydrogens (tertiary/aromatic N) is 3. The first-order chi connectivity index (χ1) is 7.70. The van der Waals surface area contributed by atoms with Crippen LogP contribution < -0.4 is 4.90 Å². The van der Waals surface area contributed by atoms with E-state index in [4.69, 9.17) is 11.6 Å². The highest BCUT2D eigenvalue weighted by Crippen LogP contribution is 2.25. The molecule has 2 unspecified atom stereocenters. The Morgan fingerprint density at radius 1 is 1.50 bits per heavy atom. The topological polar surface area (TPSA) is 29.0 Å². The van der Waals surface area contributed by atoms with Crippen LogP contribution in [0.3, 0.4) is 0 Å². The summed E-state index contributed by atoms with van der Waals surface area (Å²) in [5, 5.41) is 0.230. The lowest BCUT2D eigenvalue weighted by Gasteiger charge is -2.34. The van der Waals surface area contributed by atoms with Crippen molar-refractivity contribution in [2.24, 2.45) is 5.92 Å². The molecule has 1 aromatic rings. The van der Waals surface area contributed by atoms with Gasteiger partial charge in [0.25, 0.3) is 0 Å². The summed E-state index contributed by atoms with van der Waals surface area (Å²) in [6, 6.07) is 2.07. The van der Waals surface area contributed by atoms with E-state index in [-0.39, 0.29) is 5.38 Å². The second kappa shape index (κ2) is 5.00. The lowest BCUT2D eigenvalue weighted by molar-refractivity contribution is 0.443. The molecule has 16 heavy (non-hydrogen) atoms. The van der Waals surface area contributed by atoms with Crippen LogP contribution in [0.5, 0.6) is 0 Å². The monoisotopic (exact) mass is 239 g/mol. The fraction of sp³-hybridized carbons (Fsp3) is 0.667. The van der Waals surface area contributed by atoms with E-state index in [9.17, 15) is 0 Å². The maximum absolute atomic E-state index is 6.30. The zero-order chi connectivity index (χ0) is 11.5. The Morgan fingerprint density at radius 3 is 3.00 bits per heavy atom. The zero-order valence-corrected chi connectivity index (χ0v) is 10.6. The van der Waals surface area contributed by atoms with Gasteiger partial charge in [-0.05, 0) is 18.8 Å². The second-order valence-corrected chi connectivity index (χ2v) is 5.01. The van der Waals surface area contributed by atoms with Crippen LogP contribution in [-0.2, 0) is 6.42 Å². The van der Waals surface area contributed by atoms with Gasteiger partial charge in [0, 0.05) is 24.8 Å². The van der Waals surface area contributed by atoms with Crippen molar-refractivity contribution in [1.29, 1.82) is 0 Å². The van der Waals surface area contributed by atoms with Gasteiger partial charge in [-0.25, -0.2) is 9.97 Å². The molecule has 1 saturated heterocycles. The van der Waals surface area contributed by atoms with Gasteiger partial charge in [-0.2, -0.15) is 0 Å². The highest BCUT2D eigenvalue weighted by molar-refractivity contribution is 6.21. The molecule has 1 fully saturated rings. The molecule has 88 valence electrons. The molecule has 2 atom stereocenters. The van der Waals surface area contributed by atoms with Crippen LogP contribution in [0.15, 0.2) is 12.4 Å². The van der Waals surface area contributed by atoms with E-state index >= 15 is 0 Å². The summed E-state index contributed by atoms with van der Waals surface area (Å²) in [6.07, 6.45) is 3.74. The molecule has 0 spiro atoms. The summed E-state index contributed by atoms with van der Waals surface area (Å²) in [7, 11) is 0. The summed E-state index contributed by atoms with van der Waals surface area (Å²) < 4.78 is 0. The molecule has 1 aromatic heterocycles. The Morgan fingerprint density at radius 2 is 2.31 bits per heavy atom. The molecule has 3 nitrogen and oxygen atoms in total. The standard InChI is InChI=1S/C12H18ClN3/c1-3-10-6-12(15-8-14-10)16-5-4-9(2)11(13)7-16/h6,8-9,11H,3-5,7H2,1-2H3. The van der Waals surface area contributed by atoms with Crippen molar-refractivity contribution in [2.75, 3.05) is 18.0 Å². The molecule has 0 bridgehead atoms. The maximum atomic E-state index is 6.30. The van der Waals surface area contributed by atoms with Crippen LogP contribution in [0.1, 0.15) is 26.0 Å². The Hall–Kier alpha value is -0.830. The smallest absolute Gasteiger partial charge is 0.132 e. The lowest BCUT2D eigenvalue weighted by Crippen LogP contribution is -2.40. The SMILES string of the molecule is CCc1cc(N2CCC(C)C(Cl)C2)ncn1. The van der Waals surface area contributed by atoms with Crippen LogP contribution in [-0.4, -0.2) is 28.4 Å². The fourth-order valence-electron chi connectivity index (χ4n) is 1.98. The lowest BCUT2D eigenvalue weighted by atomic mass is 9.98. The molecule has 2 heterocycles. The number of hydrogen-bond acceptors (Lipinski definition) is 3. The number of aryl methyl sites for hydroxylation is 1. The van der Waals surface area contributed by atoms with Crippen LogP contribution in [0.25, 0.3) is 0 Å². The average molecular weight is 240 g/mol. The van der Waals surface area contributed by atoms with Gasteiger partial charge < -0.3 is 4.90 Å². The summed E-state index contributed by atoms with van der Waals surface area (Å²) in [5.74, 6) is 1.62. The van der Waals surface area contributed by atoms with Gasteiger partial charge in [0.05, 0.1) is 5.38 Å². The van der Waals surface area contributed by atoms with Crippen LogP contribution in [0, 0.1) is 5.92 Å². The minimum absolute atomic E-state index is 0.230. The average Bonchev–Trinajstić information content (AvgIpc) is 2.33. The fourth-order valence-corrected chi connectivity index (χ4v) is 2.27. The molecule has 2 rings (SSSR count). The highest BCUT2D eigenvalue weighted by atomic mass is 35.5. The van der Waals surface area contributed by atoms with Crippen molar-refractivity contribution in [1.82, 2.24) is 9.97 Å². The van der Waals surface area contributed by atoms with E-state index < -0.39 is 0 Å². The molecule has 0 aliphatic carbocycles. The number of rotatable bonds is 2. The van der Waals surface area contributed by atoms with E-state index in [0.717, 1.165) is 37.4 Å². The van der Waals surface area contributed by atoms with Gasteiger partial charge in [-0.15, -0.1) is 11.6 Å². The largest absolute Gasteiger partial charge is 0.355 e. The number of anilines is 1. The minimum Gasteiger partial charge on any atom is -0.355 e. The summed E-state index contributed by atoms with van der Waals surface area (Å²) in [4.78, 5) is 10.8. The summed E-state index contributed by atoms with van der Waals surface area (Å²) >= 11 is 6.30. The van der Waals surface area contributed by atoms with E-state index in [1.54, 1.807) is 6.33 Å². The number of halogens is 1. The molecule has 0 amide bonds. The van der Waals surface area contributed by atoms with E-state index in [1.807, 2.05) is 0 Å². The summed E-state index contributed by atoms with van der Waals surface area (Å²) in [6.45, 7) is 6.26. The Labute approximate surface area is 102 Å². The van der Waals surface area contributed by atoms with Crippen LogP contribution >= 0.6 is 11.6 Å². The first-order valence-corrected chi connectivity index (χ1v) is 6.34. The molecule has 0 N–H and O–H groups in total. The molecule has 0 radical (unpaired) electrons. The van der Waals surface area contributed by atoms with Gasteiger partial charge in [0.2, 0.25) is 0 Å². The minimum atomic E-state index is 0.230. The van der Waals surface area contributed by atoms with Crippen molar-refractivity contribution in [2.45, 2.75) is 32.1 Å². The Kier molecular flexibility index (Phi) is 3.64. The third-order valence-corrected chi connectivity index (χ3v) is 3.83. The van der Waals surface area contributed by atoms with Crippen molar-refractivity contribution >= 4 is 17.4 Å². The first kappa shape index (κ1) is 11.6. The first-order valence-electron chi connectivity index (χ1n) is 5.90. The molecular weight excluding hydrogens is 222 g/mol. The van der Waals surface area contributed by atoms with Crippen LogP contribution in [0.4, 0.5) is 5.82 Å². The Balaban J connectivity index is 2.12. The van der Waals surface area contributed by atoms with Crippen molar-refractivity contribution < 1.29 is 0 Å². The normalized spacial score (nSPS) is 25.8. The number of aromatic nitrogens is 2. The highest BCUT2D eigenvalue weighted by Gasteiger charge is 2.25. The second-order valence-electron chi connectivity index (χ2n) is 4.45. The van der Waals surface area contributed by atoms with Crippen molar-refractivity contribution in [3.63, 3.8) is 0 Å². The third kappa shape index (κ3) is 2.46. The number of alkyl halides is 1. The third-order valence-electron chi connectivity index (χ3n) is 3.26. The quantitative estimate of drug-likeness (QED) is 0.743. The molecular formula is C12H18ClN3. The molecule has 0 aromatic carbocycles. The van der Waals surface area contributed by atoms with E-state index in [1.165, 1.54) is 0 Å².